The molecule has 0 bridgehead atoms. The van der Waals surface area contributed by atoms with Gasteiger partial charge in [-0.2, -0.15) is 21.6 Å². The summed E-state index contributed by atoms with van der Waals surface area (Å²) in [6.07, 6.45) is 5.28. The maximum absolute atomic E-state index is 12.2. The third-order valence-corrected chi connectivity index (χ3v) is 4.81. The van der Waals surface area contributed by atoms with Crippen molar-refractivity contribution in [1.29, 1.82) is 0 Å². The lowest BCUT2D eigenvalue weighted by Gasteiger charge is -2.23. The van der Waals surface area contributed by atoms with Crippen molar-refractivity contribution in [2.45, 2.75) is 43.5 Å². The quantitative estimate of drug-likeness (QED) is 0.595. The minimum Gasteiger partial charge on any atom is -0.376 e. The number of benzene rings is 1. The van der Waals surface area contributed by atoms with Crippen LogP contribution in [0.25, 0.3) is 0 Å². The van der Waals surface area contributed by atoms with Gasteiger partial charge in [-0.15, -0.1) is 0 Å². The lowest BCUT2D eigenvalue weighted by atomic mass is 9.84. The third kappa shape index (κ3) is 3.83. The summed E-state index contributed by atoms with van der Waals surface area (Å²) in [5.41, 5.74) is -4.63. The van der Waals surface area contributed by atoms with Gasteiger partial charge in [0.15, 0.2) is 0 Å². The molecule has 1 aromatic rings. The van der Waals surface area contributed by atoms with Crippen LogP contribution in [-0.4, -0.2) is 13.9 Å². The summed E-state index contributed by atoms with van der Waals surface area (Å²) in [4.78, 5) is 0. The molecular weight excluding hydrogens is 329 g/mol. The Kier molecular flexibility index (Phi) is 4.72. The molecule has 0 aliphatic heterocycles. The molecule has 0 radical (unpaired) electrons. The number of hydrogen-bond donors (Lipinski definition) is 0. The Labute approximate surface area is 126 Å². The largest absolute Gasteiger partial charge is 0.534 e. The molecule has 0 heterocycles. The lowest BCUT2D eigenvalue weighted by molar-refractivity contribution is -0.0500. The molecule has 1 aromatic carbocycles. The van der Waals surface area contributed by atoms with E-state index in [4.69, 9.17) is 11.6 Å². The molecular formula is C13H14ClF3O3S. The number of hydrogen-bond acceptors (Lipinski definition) is 3. The van der Waals surface area contributed by atoms with Gasteiger partial charge in [-0.25, -0.2) is 0 Å². The fraction of sp³-hybridized carbons (Fsp3) is 0.538. The van der Waals surface area contributed by atoms with Gasteiger partial charge in [-0.1, -0.05) is 36.9 Å². The topological polar surface area (TPSA) is 43.4 Å². The zero-order chi connectivity index (χ0) is 15.7. The van der Waals surface area contributed by atoms with E-state index < -0.39 is 21.4 Å². The van der Waals surface area contributed by atoms with E-state index in [1.54, 1.807) is 6.07 Å². The number of alkyl halides is 3. The van der Waals surface area contributed by atoms with Crippen LogP contribution in [0.15, 0.2) is 18.2 Å². The first-order chi connectivity index (χ1) is 9.71. The first kappa shape index (κ1) is 16.4. The molecule has 0 aromatic heterocycles. The van der Waals surface area contributed by atoms with Crippen molar-refractivity contribution < 1.29 is 25.8 Å². The van der Waals surface area contributed by atoms with Gasteiger partial charge in [0, 0.05) is 11.1 Å². The summed E-state index contributed by atoms with van der Waals surface area (Å²) >= 11 is 6.05. The van der Waals surface area contributed by atoms with Crippen molar-refractivity contribution in [2.75, 3.05) is 0 Å². The van der Waals surface area contributed by atoms with E-state index in [2.05, 4.69) is 4.18 Å². The second-order valence-electron chi connectivity index (χ2n) is 5.00. The molecule has 0 spiro atoms. The molecule has 21 heavy (non-hydrogen) atoms. The van der Waals surface area contributed by atoms with Gasteiger partial charge >= 0.3 is 15.6 Å². The smallest absolute Gasteiger partial charge is 0.376 e. The molecule has 0 N–H and O–H groups in total. The summed E-state index contributed by atoms with van der Waals surface area (Å²) in [6.45, 7) is 0. The Bertz CT molecular complexity index is 608. The summed E-state index contributed by atoms with van der Waals surface area (Å²) in [7, 11) is -5.66. The van der Waals surface area contributed by atoms with Crippen LogP contribution < -0.4 is 4.18 Å². The van der Waals surface area contributed by atoms with E-state index >= 15 is 0 Å². The van der Waals surface area contributed by atoms with E-state index in [9.17, 15) is 21.6 Å². The fourth-order valence-corrected chi connectivity index (χ4v) is 3.25. The molecule has 1 aliphatic rings. The van der Waals surface area contributed by atoms with Gasteiger partial charge in [-0.05, 0) is 30.4 Å². The average Bonchev–Trinajstić information content (AvgIpc) is 2.38. The Morgan fingerprint density at radius 3 is 2.29 bits per heavy atom. The van der Waals surface area contributed by atoms with Crippen LogP contribution in [0.4, 0.5) is 13.2 Å². The van der Waals surface area contributed by atoms with Crippen molar-refractivity contribution in [3.8, 4) is 5.75 Å². The standard InChI is InChI=1S/C13H14ClF3O3S/c14-12-8-10(20-21(18,19)13(15,16)17)6-7-11(12)9-4-2-1-3-5-9/h6-9H,1-5H2. The second kappa shape index (κ2) is 6.04. The average molecular weight is 343 g/mol. The Morgan fingerprint density at radius 1 is 1.14 bits per heavy atom. The molecule has 0 atom stereocenters. The Balaban J connectivity index is 2.19. The Hall–Kier alpha value is -0.950. The van der Waals surface area contributed by atoms with Crippen molar-refractivity contribution in [2.24, 2.45) is 0 Å². The zero-order valence-electron chi connectivity index (χ0n) is 11.0. The molecule has 2 rings (SSSR count). The SMILES string of the molecule is O=S(=O)(Oc1ccc(C2CCCCC2)c(Cl)c1)C(F)(F)F. The molecule has 3 nitrogen and oxygen atoms in total. The van der Waals surface area contributed by atoms with Crippen molar-refractivity contribution in [3.05, 3.63) is 28.8 Å². The highest BCUT2D eigenvalue weighted by molar-refractivity contribution is 7.88. The summed E-state index contributed by atoms with van der Waals surface area (Å²) in [6, 6.07) is 3.87. The molecule has 1 fully saturated rings. The fourth-order valence-electron chi connectivity index (χ4n) is 2.48. The predicted octanol–water partition coefficient (Wildman–Crippen LogP) is 4.62. The highest BCUT2D eigenvalue weighted by Crippen LogP contribution is 2.38. The van der Waals surface area contributed by atoms with E-state index in [0.717, 1.165) is 37.3 Å². The van der Waals surface area contributed by atoms with Crippen molar-refractivity contribution >= 4 is 21.7 Å². The molecule has 0 unspecified atom stereocenters. The number of halogens is 4. The van der Waals surface area contributed by atoms with Crippen LogP contribution in [0, 0.1) is 0 Å². The minimum absolute atomic E-state index is 0.233. The zero-order valence-corrected chi connectivity index (χ0v) is 12.6. The predicted molar refractivity (Wildman–Crippen MR) is 72.9 cm³/mol. The summed E-state index contributed by atoms with van der Waals surface area (Å²) in [5, 5.41) is 0.233. The second-order valence-corrected chi connectivity index (χ2v) is 6.95. The van der Waals surface area contributed by atoms with Crippen LogP contribution in [0.5, 0.6) is 5.75 Å². The maximum atomic E-state index is 12.2. The Morgan fingerprint density at radius 2 is 1.76 bits per heavy atom. The number of rotatable bonds is 3. The van der Waals surface area contributed by atoms with Crippen LogP contribution >= 0.6 is 11.6 Å². The molecule has 8 heteroatoms. The van der Waals surface area contributed by atoms with Crippen molar-refractivity contribution in [1.82, 2.24) is 0 Å². The summed E-state index contributed by atoms with van der Waals surface area (Å²) in [5.74, 6) is -0.170. The normalized spacial score (nSPS) is 17.7. The molecule has 1 saturated carbocycles. The summed E-state index contributed by atoms with van der Waals surface area (Å²) < 4.78 is 62.6. The van der Waals surface area contributed by atoms with E-state index in [1.165, 1.54) is 12.5 Å². The van der Waals surface area contributed by atoms with Gasteiger partial charge in [0.1, 0.15) is 5.75 Å². The van der Waals surface area contributed by atoms with E-state index in [1.807, 2.05) is 0 Å². The van der Waals surface area contributed by atoms with Crippen LogP contribution in [0.3, 0.4) is 0 Å². The first-order valence-electron chi connectivity index (χ1n) is 6.51. The van der Waals surface area contributed by atoms with E-state index in [-0.39, 0.29) is 10.9 Å². The maximum Gasteiger partial charge on any atom is 0.534 e. The molecule has 1 aliphatic carbocycles. The monoisotopic (exact) mass is 342 g/mol. The molecule has 118 valence electrons. The van der Waals surface area contributed by atoms with Gasteiger partial charge in [0.25, 0.3) is 0 Å². The molecule has 0 amide bonds. The van der Waals surface area contributed by atoms with E-state index in [0.29, 0.717) is 0 Å². The third-order valence-electron chi connectivity index (χ3n) is 3.51. The molecule has 0 saturated heterocycles. The minimum atomic E-state index is -5.66. The van der Waals surface area contributed by atoms with Crippen molar-refractivity contribution in [3.63, 3.8) is 0 Å². The van der Waals surface area contributed by atoms with Gasteiger partial charge in [0.05, 0.1) is 0 Å². The highest BCUT2D eigenvalue weighted by atomic mass is 35.5. The van der Waals surface area contributed by atoms with Crippen LogP contribution in [-0.2, 0) is 10.1 Å². The highest BCUT2D eigenvalue weighted by Gasteiger charge is 2.48. The van der Waals surface area contributed by atoms with Gasteiger partial charge < -0.3 is 4.18 Å². The van der Waals surface area contributed by atoms with Gasteiger partial charge in [0.2, 0.25) is 0 Å². The van der Waals surface area contributed by atoms with Crippen LogP contribution in [0.2, 0.25) is 5.02 Å². The van der Waals surface area contributed by atoms with Gasteiger partial charge in [-0.3, -0.25) is 0 Å². The first-order valence-corrected chi connectivity index (χ1v) is 8.29. The lowest BCUT2D eigenvalue weighted by Crippen LogP contribution is -2.28. The van der Waals surface area contributed by atoms with Crippen LogP contribution in [0.1, 0.15) is 43.6 Å².